The maximum Gasteiger partial charge on any atom is 0.528 e. The summed E-state index contributed by atoms with van der Waals surface area (Å²) in [4.78, 5) is 42.4. The number of nitrogens with zero attached hydrogens (tertiary/aromatic N) is 1. The molecule has 0 unspecified atom stereocenters. The van der Waals surface area contributed by atoms with Crippen LogP contribution in [0.1, 0.15) is 44.0 Å². The van der Waals surface area contributed by atoms with Gasteiger partial charge in [0.05, 0.1) is 12.7 Å². The second-order valence-electron chi connectivity index (χ2n) is 8.80. The van der Waals surface area contributed by atoms with Crippen LogP contribution >= 0.6 is 11.3 Å². The summed E-state index contributed by atoms with van der Waals surface area (Å²) >= 11 is 1.26. The number of carbonyl (C=O) groups excluding carboxylic acids is 3. The standard InChI is InChI=1S/C23H30N4O6S/c1-23(2,3)32-22(30)33-27-11-9-15(10-12-27)25-19(28)17-13-18(34-20(17)26-21(24)29)14-5-7-16(31-4)8-6-14/h5-8,13,15H,9-12H2,1-4H3,(H,25,28)(H3,24,26,29). The first-order valence-corrected chi connectivity index (χ1v) is 11.7. The van der Waals surface area contributed by atoms with E-state index in [4.69, 9.17) is 20.0 Å². The molecule has 0 aliphatic carbocycles. The van der Waals surface area contributed by atoms with Crippen molar-refractivity contribution in [1.82, 2.24) is 10.4 Å². The van der Waals surface area contributed by atoms with Crippen molar-refractivity contribution in [1.29, 1.82) is 0 Å². The van der Waals surface area contributed by atoms with Crippen molar-refractivity contribution in [3.05, 3.63) is 35.9 Å². The molecule has 3 rings (SSSR count). The van der Waals surface area contributed by atoms with E-state index in [1.165, 1.54) is 16.4 Å². The fourth-order valence-corrected chi connectivity index (χ4v) is 4.45. The van der Waals surface area contributed by atoms with Crippen molar-refractivity contribution in [3.63, 3.8) is 0 Å². The molecule has 34 heavy (non-hydrogen) atoms. The monoisotopic (exact) mass is 490 g/mol. The van der Waals surface area contributed by atoms with E-state index in [1.54, 1.807) is 33.9 Å². The number of piperidine rings is 1. The van der Waals surface area contributed by atoms with Crippen LogP contribution < -0.4 is 21.1 Å². The quantitative estimate of drug-likeness (QED) is 0.522. The van der Waals surface area contributed by atoms with Crippen molar-refractivity contribution in [2.75, 3.05) is 25.5 Å². The van der Waals surface area contributed by atoms with E-state index in [1.807, 2.05) is 24.3 Å². The van der Waals surface area contributed by atoms with E-state index in [9.17, 15) is 14.4 Å². The van der Waals surface area contributed by atoms with Gasteiger partial charge >= 0.3 is 12.2 Å². The van der Waals surface area contributed by atoms with Crippen molar-refractivity contribution in [2.24, 2.45) is 5.73 Å². The topological polar surface area (TPSA) is 132 Å². The molecule has 184 valence electrons. The molecule has 11 heteroatoms. The maximum atomic E-state index is 13.0. The minimum Gasteiger partial charge on any atom is -0.497 e. The number of hydrogen-bond acceptors (Lipinski definition) is 8. The lowest BCUT2D eigenvalue weighted by Crippen LogP contribution is -2.45. The highest BCUT2D eigenvalue weighted by Crippen LogP contribution is 2.36. The van der Waals surface area contributed by atoms with E-state index in [0.29, 0.717) is 36.5 Å². The summed E-state index contributed by atoms with van der Waals surface area (Å²) in [6, 6.07) is 8.27. The van der Waals surface area contributed by atoms with E-state index < -0.39 is 17.8 Å². The normalized spacial score (nSPS) is 14.8. The van der Waals surface area contributed by atoms with Gasteiger partial charge in [-0.1, -0.05) is 0 Å². The number of methoxy groups -OCH3 is 1. The van der Waals surface area contributed by atoms with Gasteiger partial charge in [-0.05, 0) is 69.5 Å². The Kier molecular flexibility index (Phi) is 8.00. The molecule has 0 atom stereocenters. The summed E-state index contributed by atoms with van der Waals surface area (Å²) < 4.78 is 10.4. The van der Waals surface area contributed by atoms with Crippen LogP contribution in [0.25, 0.3) is 10.4 Å². The largest absolute Gasteiger partial charge is 0.528 e. The third kappa shape index (κ3) is 7.09. The number of primary amides is 1. The molecule has 10 nitrogen and oxygen atoms in total. The molecule has 0 saturated carbocycles. The molecule has 0 bridgehead atoms. The number of nitrogens with two attached hydrogens (primary N) is 1. The van der Waals surface area contributed by atoms with E-state index >= 15 is 0 Å². The second kappa shape index (κ2) is 10.7. The highest BCUT2D eigenvalue weighted by Gasteiger charge is 2.27. The lowest BCUT2D eigenvalue weighted by molar-refractivity contribution is -0.152. The lowest BCUT2D eigenvalue weighted by atomic mass is 10.1. The predicted octanol–water partition coefficient (Wildman–Crippen LogP) is 3.98. The zero-order valence-corrected chi connectivity index (χ0v) is 20.5. The smallest absolute Gasteiger partial charge is 0.497 e. The minimum absolute atomic E-state index is 0.114. The predicted molar refractivity (Wildman–Crippen MR) is 129 cm³/mol. The van der Waals surface area contributed by atoms with Gasteiger partial charge in [0.1, 0.15) is 16.4 Å². The number of anilines is 1. The van der Waals surface area contributed by atoms with Gasteiger partial charge in [0.25, 0.3) is 5.91 Å². The van der Waals surface area contributed by atoms with Gasteiger partial charge < -0.3 is 25.4 Å². The number of amides is 3. The van der Waals surface area contributed by atoms with Crippen LogP contribution in [0.5, 0.6) is 5.75 Å². The van der Waals surface area contributed by atoms with Gasteiger partial charge in [-0.3, -0.25) is 10.1 Å². The van der Waals surface area contributed by atoms with Crippen LogP contribution in [-0.2, 0) is 9.57 Å². The van der Waals surface area contributed by atoms with Crippen molar-refractivity contribution < 1.29 is 28.7 Å². The van der Waals surface area contributed by atoms with Crippen LogP contribution in [0.3, 0.4) is 0 Å². The summed E-state index contributed by atoms with van der Waals surface area (Å²) in [6.45, 7) is 6.21. The van der Waals surface area contributed by atoms with Crippen LogP contribution in [0.15, 0.2) is 30.3 Å². The Labute approximate surface area is 202 Å². The lowest BCUT2D eigenvalue weighted by Gasteiger charge is -2.31. The van der Waals surface area contributed by atoms with Crippen molar-refractivity contribution in [3.8, 4) is 16.2 Å². The maximum absolute atomic E-state index is 13.0. The van der Waals surface area contributed by atoms with Crippen molar-refractivity contribution in [2.45, 2.75) is 45.3 Å². The summed E-state index contributed by atoms with van der Waals surface area (Å²) in [7, 11) is 1.59. The number of thiophene rings is 1. The van der Waals surface area contributed by atoms with Gasteiger partial charge in [-0.15, -0.1) is 16.4 Å². The van der Waals surface area contributed by atoms with Gasteiger partial charge in [-0.2, -0.15) is 0 Å². The number of benzene rings is 1. The summed E-state index contributed by atoms with van der Waals surface area (Å²) in [5.74, 6) is 0.405. The Bertz CT molecular complexity index is 1020. The molecule has 1 fully saturated rings. The third-order valence-electron chi connectivity index (χ3n) is 4.97. The fourth-order valence-electron chi connectivity index (χ4n) is 3.39. The highest BCUT2D eigenvalue weighted by molar-refractivity contribution is 7.20. The van der Waals surface area contributed by atoms with Gasteiger partial charge in [-0.25, -0.2) is 9.59 Å². The molecule has 2 heterocycles. The first-order chi connectivity index (χ1) is 16.0. The molecule has 0 radical (unpaired) electrons. The molecular weight excluding hydrogens is 460 g/mol. The number of urea groups is 1. The Balaban J connectivity index is 1.63. The Morgan fingerprint density at radius 1 is 1.12 bits per heavy atom. The first kappa shape index (κ1) is 25.3. The molecule has 1 aromatic carbocycles. The average molecular weight is 491 g/mol. The SMILES string of the molecule is COc1ccc(-c2cc(C(=O)NC3CCN(OC(=O)OC(C)(C)C)CC3)c(NC(N)=O)s2)cc1. The Morgan fingerprint density at radius 2 is 1.76 bits per heavy atom. The number of hydrogen-bond donors (Lipinski definition) is 3. The third-order valence-corrected chi connectivity index (χ3v) is 6.07. The molecule has 0 spiro atoms. The average Bonchev–Trinajstić information content (AvgIpc) is 3.17. The van der Waals surface area contributed by atoms with E-state index in [-0.39, 0.29) is 11.9 Å². The molecule has 1 aromatic heterocycles. The second-order valence-corrected chi connectivity index (χ2v) is 9.86. The molecule has 4 N–H and O–H groups in total. The van der Waals surface area contributed by atoms with E-state index in [2.05, 4.69) is 10.6 Å². The minimum atomic E-state index is -0.749. The number of ether oxygens (including phenoxy) is 2. The molecule has 3 amide bonds. The Morgan fingerprint density at radius 3 is 2.32 bits per heavy atom. The summed E-state index contributed by atoms with van der Waals surface area (Å²) in [6.07, 6.45) is 0.423. The highest BCUT2D eigenvalue weighted by atomic mass is 32.1. The summed E-state index contributed by atoms with van der Waals surface area (Å²) in [5.41, 5.74) is 5.89. The zero-order chi connectivity index (χ0) is 24.9. The van der Waals surface area contributed by atoms with Gasteiger partial charge in [0, 0.05) is 24.0 Å². The van der Waals surface area contributed by atoms with Gasteiger partial charge in [0.2, 0.25) is 0 Å². The fraction of sp³-hybridized carbons (Fsp3) is 0.435. The molecule has 1 saturated heterocycles. The van der Waals surface area contributed by atoms with E-state index in [0.717, 1.165) is 16.2 Å². The van der Waals surface area contributed by atoms with Gasteiger partial charge in [0.15, 0.2) is 0 Å². The van der Waals surface area contributed by atoms with Crippen LogP contribution in [-0.4, -0.2) is 55.0 Å². The van der Waals surface area contributed by atoms with Crippen LogP contribution in [0.4, 0.5) is 14.6 Å². The van der Waals surface area contributed by atoms with Crippen LogP contribution in [0.2, 0.25) is 0 Å². The zero-order valence-electron chi connectivity index (χ0n) is 19.7. The molecular formula is C23H30N4O6S. The summed E-state index contributed by atoms with van der Waals surface area (Å²) in [5, 5.41) is 7.45. The molecule has 1 aliphatic rings. The van der Waals surface area contributed by atoms with Crippen LogP contribution in [0, 0.1) is 0 Å². The molecule has 2 aromatic rings. The number of hydroxylamine groups is 2. The van der Waals surface area contributed by atoms with Crippen molar-refractivity contribution >= 4 is 34.4 Å². The first-order valence-electron chi connectivity index (χ1n) is 10.9. The number of rotatable bonds is 6. The number of nitrogens with one attached hydrogen (secondary N) is 2. The number of carbonyl (C=O) groups is 3. The Hall–Kier alpha value is -3.31. The molecule has 1 aliphatic heterocycles.